The molecule has 0 amide bonds. The molecule has 0 aliphatic rings. The first kappa shape index (κ1) is 11.9. The molecule has 0 saturated carbocycles. The van der Waals surface area contributed by atoms with Gasteiger partial charge in [-0.05, 0) is 32.4 Å². The molecular weight excluding hydrogens is 150 g/mol. The van der Waals surface area contributed by atoms with Gasteiger partial charge in [-0.3, -0.25) is 0 Å². The summed E-state index contributed by atoms with van der Waals surface area (Å²) in [6, 6.07) is 0. The van der Waals surface area contributed by atoms with Crippen LogP contribution in [0.15, 0.2) is 0 Å². The predicted molar refractivity (Wildman–Crippen MR) is 53.5 cm³/mol. The second-order valence-electron chi connectivity index (χ2n) is 3.14. The Hall–Kier alpha value is -0.0800. The Kier molecular flexibility index (Phi) is 8.95. The van der Waals surface area contributed by atoms with Gasteiger partial charge in [-0.1, -0.05) is 20.3 Å². The van der Waals surface area contributed by atoms with Gasteiger partial charge in [0, 0.05) is 7.11 Å². The van der Waals surface area contributed by atoms with E-state index < -0.39 is 0 Å². The van der Waals surface area contributed by atoms with E-state index in [-0.39, 0.29) is 0 Å². The lowest BCUT2D eigenvalue weighted by Crippen LogP contribution is -2.17. The number of nitrogens with one attached hydrogen (secondary N) is 1. The van der Waals surface area contributed by atoms with Crippen molar-refractivity contribution in [2.24, 2.45) is 0 Å². The quantitative estimate of drug-likeness (QED) is 0.568. The fourth-order valence-corrected chi connectivity index (χ4v) is 1.33. The van der Waals surface area contributed by atoms with Gasteiger partial charge < -0.3 is 10.1 Å². The van der Waals surface area contributed by atoms with Crippen LogP contribution in [0, 0.1) is 0 Å². The molecule has 0 aromatic heterocycles. The average molecular weight is 173 g/mol. The standard InChI is InChI=1S/C10H23NO/c1-4-7-10(12-3)8-6-9-11-5-2/h10-11H,4-9H2,1-3H3. The topological polar surface area (TPSA) is 21.3 Å². The number of rotatable bonds is 8. The molecule has 1 atom stereocenters. The molecule has 0 aromatic rings. The van der Waals surface area contributed by atoms with E-state index >= 15 is 0 Å². The fraction of sp³-hybridized carbons (Fsp3) is 1.00. The van der Waals surface area contributed by atoms with E-state index in [1.165, 1.54) is 25.7 Å². The van der Waals surface area contributed by atoms with Crippen molar-refractivity contribution in [2.75, 3.05) is 20.2 Å². The second kappa shape index (κ2) is 9.01. The summed E-state index contributed by atoms with van der Waals surface area (Å²) in [6.45, 7) is 6.54. The van der Waals surface area contributed by atoms with Crippen molar-refractivity contribution in [3.8, 4) is 0 Å². The lowest BCUT2D eigenvalue weighted by atomic mass is 10.1. The van der Waals surface area contributed by atoms with E-state index in [2.05, 4.69) is 19.2 Å². The Balaban J connectivity index is 3.19. The molecule has 0 spiro atoms. The number of ether oxygens (including phenoxy) is 1. The molecule has 1 unspecified atom stereocenters. The van der Waals surface area contributed by atoms with Crippen molar-refractivity contribution in [2.45, 2.75) is 45.6 Å². The Bertz CT molecular complexity index is 85.9. The van der Waals surface area contributed by atoms with Crippen LogP contribution in [-0.2, 0) is 4.74 Å². The molecule has 74 valence electrons. The van der Waals surface area contributed by atoms with Gasteiger partial charge in [-0.15, -0.1) is 0 Å². The average Bonchev–Trinajstić information content (AvgIpc) is 2.10. The first-order valence-corrected chi connectivity index (χ1v) is 5.08. The Labute approximate surface area is 76.7 Å². The van der Waals surface area contributed by atoms with Crippen LogP contribution in [-0.4, -0.2) is 26.3 Å². The van der Waals surface area contributed by atoms with Crippen molar-refractivity contribution < 1.29 is 4.74 Å². The van der Waals surface area contributed by atoms with E-state index in [9.17, 15) is 0 Å². The largest absolute Gasteiger partial charge is 0.381 e. The minimum atomic E-state index is 0.480. The van der Waals surface area contributed by atoms with Crippen molar-refractivity contribution in [3.05, 3.63) is 0 Å². The maximum absolute atomic E-state index is 5.34. The van der Waals surface area contributed by atoms with E-state index in [4.69, 9.17) is 4.74 Å². The maximum atomic E-state index is 5.34. The van der Waals surface area contributed by atoms with Gasteiger partial charge in [0.05, 0.1) is 6.10 Å². The summed E-state index contributed by atoms with van der Waals surface area (Å²) in [5.41, 5.74) is 0. The molecule has 0 bridgehead atoms. The van der Waals surface area contributed by atoms with Crippen LogP contribution in [0.1, 0.15) is 39.5 Å². The minimum Gasteiger partial charge on any atom is -0.381 e. The summed E-state index contributed by atoms with van der Waals surface area (Å²) in [4.78, 5) is 0. The third-order valence-corrected chi connectivity index (χ3v) is 2.07. The van der Waals surface area contributed by atoms with Crippen molar-refractivity contribution in [1.29, 1.82) is 0 Å². The van der Waals surface area contributed by atoms with E-state index in [1.807, 2.05) is 7.11 Å². The first-order valence-electron chi connectivity index (χ1n) is 5.08. The predicted octanol–water partition coefficient (Wildman–Crippen LogP) is 2.19. The third kappa shape index (κ3) is 6.62. The first-order chi connectivity index (χ1) is 5.85. The number of hydrogen-bond donors (Lipinski definition) is 1. The molecule has 0 rings (SSSR count). The molecule has 0 aromatic carbocycles. The van der Waals surface area contributed by atoms with Crippen molar-refractivity contribution in [1.82, 2.24) is 5.32 Å². The lowest BCUT2D eigenvalue weighted by molar-refractivity contribution is 0.0856. The lowest BCUT2D eigenvalue weighted by Gasteiger charge is -2.13. The number of methoxy groups -OCH3 is 1. The monoisotopic (exact) mass is 173 g/mol. The highest BCUT2D eigenvalue weighted by Gasteiger charge is 2.04. The van der Waals surface area contributed by atoms with Crippen LogP contribution in [0.5, 0.6) is 0 Å². The Morgan fingerprint density at radius 2 is 2.00 bits per heavy atom. The molecule has 0 saturated heterocycles. The highest BCUT2D eigenvalue weighted by Crippen LogP contribution is 2.07. The van der Waals surface area contributed by atoms with Crippen LogP contribution in [0.3, 0.4) is 0 Å². The summed E-state index contributed by atoms with van der Waals surface area (Å²) >= 11 is 0. The van der Waals surface area contributed by atoms with Gasteiger partial charge in [-0.25, -0.2) is 0 Å². The minimum absolute atomic E-state index is 0.480. The molecule has 0 radical (unpaired) electrons. The SMILES string of the molecule is CCCC(CCCNCC)OC. The molecule has 2 nitrogen and oxygen atoms in total. The molecule has 0 aliphatic carbocycles. The second-order valence-corrected chi connectivity index (χ2v) is 3.14. The van der Waals surface area contributed by atoms with Gasteiger partial charge in [0.1, 0.15) is 0 Å². The highest BCUT2D eigenvalue weighted by molar-refractivity contribution is 4.57. The number of hydrogen-bond acceptors (Lipinski definition) is 2. The van der Waals surface area contributed by atoms with E-state index in [0.717, 1.165) is 13.1 Å². The van der Waals surface area contributed by atoms with Gasteiger partial charge in [0.2, 0.25) is 0 Å². The summed E-state index contributed by atoms with van der Waals surface area (Å²) in [5, 5.41) is 3.31. The fourth-order valence-electron chi connectivity index (χ4n) is 1.33. The summed E-state index contributed by atoms with van der Waals surface area (Å²) < 4.78 is 5.34. The summed E-state index contributed by atoms with van der Waals surface area (Å²) in [5.74, 6) is 0. The molecule has 0 heterocycles. The van der Waals surface area contributed by atoms with E-state index in [0.29, 0.717) is 6.10 Å². The van der Waals surface area contributed by atoms with E-state index in [1.54, 1.807) is 0 Å². The van der Waals surface area contributed by atoms with Crippen molar-refractivity contribution >= 4 is 0 Å². The van der Waals surface area contributed by atoms with Crippen LogP contribution in [0.25, 0.3) is 0 Å². The van der Waals surface area contributed by atoms with Gasteiger partial charge in [0.25, 0.3) is 0 Å². The van der Waals surface area contributed by atoms with Gasteiger partial charge in [-0.2, -0.15) is 0 Å². The van der Waals surface area contributed by atoms with Crippen molar-refractivity contribution in [3.63, 3.8) is 0 Å². The normalized spacial score (nSPS) is 13.2. The molecule has 2 heteroatoms. The molecule has 1 N–H and O–H groups in total. The van der Waals surface area contributed by atoms with Crippen LogP contribution >= 0.6 is 0 Å². The summed E-state index contributed by atoms with van der Waals surface area (Å²) in [7, 11) is 1.81. The Morgan fingerprint density at radius 3 is 2.50 bits per heavy atom. The highest BCUT2D eigenvalue weighted by atomic mass is 16.5. The summed E-state index contributed by atoms with van der Waals surface area (Å²) in [6.07, 6.45) is 5.32. The molecular formula is C10H23NO. The zero-order chi connectivity index (χ0) is 9.23. The maximum Gasteiger partial charge on any atom is 0.0571 e. The zero-order valence-electron chi connectivity index (χ0n) is 8.73. The zero-order valence-corrected chi connectivity index (χ0v) is 8.73. The van der Waals surface area contributed by atoms with Gasteiger partial charge >= 0.3 is 0 Å². The Morgan fingerprint density at radius 1 is 1.25 bits per heavy atom. The third-order valence-electron chi connectivity index (χ3n) is 2.07. The molecule has 12 heavy (non-hydrogen) atoms. The van der Waals surface area contributed by atoms with Crippen LogP contribution in [0.4, 0.5) is 0 Å². The smallest absolute Gasteiger partial charge is 0.0571 e. The van der Waals surface area contributed by atoms with Crippen LogP contribution < -0.4 is 5.32 Å². The molecule has 0 aliphatic heterocycles. The molecule has 0 fully saturated rings. The van der Waals surface area contributed by atoms with Gasteiger partial charge in [0.15, 0.2) is 0 Å². The van der Waals surface area contributed by atoms with Crippen LogP contribution in [0.2, 0.25) is 0 Å².